The molecule has 187 valence electrons. The summed E-state index contributed by atoms with van der Waals surface area (Å²) in [5.74, 6) is 0.582. The summed E-state index contributed by atoms with van der Waals surface area (Å²) in [7, 11) is 0. The Labute approximate surface area is 222 Å². The number of aromatic nitrogens is 1. The van der Waals surface area contributed by atoms with Crippen molar-refractivity contribution < 1.29 is 30.3 Å². The Bertz CT molecular complexity index is 987. The van der Waals surface area contributed by atoms with Gasteiger partial charge in [0.15, 0.2) is 0 Å². The molecule has 0 aliphatic heterocycles. The van der Waals surface area contributed by atoms with Gasteiger partial charge in [0, 0.05) is 35.7 Å². The van der Waals surface area contributed by atoms with Crippen LogP contribution in [0.15, 0.2) is 48.5 Å². The SMILES string of the molecule is CC1(C)CCCC2CCCC(C)(C)C(O)C2C1O.[Ir].[c-]1ccccc1-c1nc2ccccc2s1. The third-order valence-corrected chi connectivity index (χ3v) is 8.97. The fraction of sp³-hybridized carbons (Fsp3) is 0.552. The van der Waals surface area contributed by atoms with Crippen LogP contribution in [0.1, 0.15) is 66.2 Å². The minimum atomic E-state index is -0.364. The van der Waals surface area contributed by atoms with Crippen LogP contribution < -0.4 is 0 Å². The van der Waals surface area contributed by atoms with Gasteiger partial charge in [-0.05, 0) is 54.6 Å². The Morgan fingerprint density at radius 2 is 1.47 bits per heavy atom. The molecule has 0 bridgehead atoms. The van der Waals surface area contributed by atoms with Gasteiger partial charge in [-0.3, -0.25) is 4.98 Å². The molecule has 0 spiro atoms. The first-order valence-corrected chi connectivity index (χ1v) is 13.2. The Kier molecular flexibility index (Phi) is 9.14. The van der Waals surface area contributed by atoms with Crippen molar-refractivity contribution in [3.63, 3.8) is 0 Å². The first-order chi connectivity index (χ1) is 15.7. The summed E-state index contributed by atoms with van der Waals surface area (Å²) in [5.41, 5.74) is 2.02. The standard InChI is InChI=1S/C16H30O2.C13H8NS.Ir/c1-15(2)9-5-7-11-8-6-10-16(3,4)14(18)12(11)13(15)17;1-2-6-10(7-3-1)13-14-11-8-4-5-9-12(11)15-13;/h11-14,17-18H,5-10H2,1-4H3;1-6,8-9H;/q;-1;. The molecule has 2 N–H and O–H groups in total. The largest absolute Gasteiger partial charge is 0.392 e. The molecule has 0 amide bonds. The second-order valence-electron chi connectivity index (χ2n) is 11.3. The van der Waals surface area contributed by atoms with Crippen molar-refractivity contribution in [1.29, 1.82) is 0 Å². The average Bonchev–Trinajstić information content (AvgIpc) is 3.15. The fourth-order valence-electron chi connectivity index (χ4n) is 5.71. The molecular weight excluding hydrogens is 619 g/mol. The first-order valence-electron chi connectivity index (χ1n) is 12.4. The van der Waals surface area contributed by atoms with Crippen molar-refractivity contribution in [1.82, 2.24) is 4.98 Å². The van der Waals surface area contributed by atoms with Crippen LogP contribution in [0, 0.1) is 28.7 Å². The smallest absolute Gasteiger partial charge is 0.0697 e. The summed E-state index contributed by atoms with van der Waals surface area (Å²) in [5, 5.41) is 22.6. The van der Waals surface area contributed by atoms with Gasteiger partial charge in [0.1, 0.15) is 0 Å². The van der Waals surface area contributed by atoms with E-state index < -0.39 is 0 Å². The molecule has 0 saturated heterocycles. The molecule has 5 rings (SSSR count). The molecule has 1 aromatic heterocycles. The number of hydrogen-bond acceptors (Lipinski definition) is 4. The second-order valence-corrected chi connectivity index (χ2v) is 12.3. The van der Waals surface area contributed by atoms with E-state index in [1.807, 2.05) is 42.5 Å². The van der Waals surface area contributed by atoms with E-state index in [9.17, 15) is 10.2 Å². The Balaban J connectivity index is 0.000000187. The van der Waals surface area contributed by atoms with Crippen LogP contribution in [0.3, 0.4) is 0 Å². The van der Waals surface area contributed by atoms with Crippen LogP contribution in [0.5, 0.6) is 0 Å². The summed E-state index contributed by atoms with van der Waals surface area (Å²) in [6.07, 6.45) is 6.17. The first kappa shape index (κ1) is 27.5. The number of aliphatic hydroxyl groups excluding tert-OH is 2. The normalized spacial score (nSPS) is 27.8. The molecule has 2 aliphatic carbocycles. The summed E-state index contributed by atoms with van der Waals surface area (Å²) >= 11 is 1.71. The molecule has 2 fully saturated rings. The van der Waals surface area contributed by atoms with Gasteiger partial charge in [-0.15, -0.1) is 35.9 Å². The fourth-order valence-corrected chi connectivity index (χ4v) is 6.66. The molecule has 3 aromatic rings. The zero-order chi connectivity index (χ0) is 23.6. The predicted octanol–water partition coefficient (Wildman–Crippen LogP) is 7.12. The van der Waals surface area contributed by atoms with Crippen LogP contribution in [0.2, 0.25) is 0 Å². The van der Waals surface area contributed by atoms with E-state index in [4.69, 9.17) is 0 Å². The van der Waals surface area contributed by atoms with Crippen molar-refractivity contribution >= 4 is 21.6 Å². The topological polar surface area (TPSA) is 53.4 Å². The van der Waals surface area contributed by atoms with Crippen molar-refractivity contribution in [2.75, 3.05) is 0 Å². The van der Waals surface area contributed by atoms with Gasteiger partial charge in [0.05, 0.1) is 17.7 Å². The third-order valence-electron chi connectivity index (χ3n) is 7.90. The van der Waals surface area contributed by atoms with Gasteiger partial charge < -0.3 is 10.2 Å². The second kappa shape index (κ2) is 11.3. The summed E-state index contributed by atoms with van der Waals surface area (Å²) in [6, 6.07) is 19.3. The van der Waals surface area contributed by atoms with Crippen molar-refractivity contribution in [2.45, 2.75) is 78.4 Å². The Morgan fingerprint density at radius 1 is 0.882 bits per heavy atom. The van der Waals surface area contributed by atoms with E-state index in [0.29, 0.717) is 5.92 Å². The third kappa shape index (κ3) is 5.99. The molecule has 1 radical (unpaired) electrons. The number of fused-ring (bicyclic) bond motifs is 2. The molecule has 2 atom stereocenters. The Hall–Kier alpha value is -1.10. The van der Waals surface area contributed by atoms with E-state index in [1.165, 1.54) is 30.4 Å². The summed E-state index contributed by atoms with van der Waals surface area (Å²) in [4.78, 5) is 4.57. The number of benzene rings is 2. The number of aliphatic hydroxyl groups is 2. The quantitative estimate of drug-likeness (QED) is 0.275. The molecule has 1 heterocycles. The molecule has 5 heteroatoms. The van der Waals surface area contributed by atoms with Crippen molar-refractivity contribution in [3.05, 3.63) is 54.6 Å². The minimum Gasteiger partial charge on any atom is -0.392 e. The van der Waals surface area contributed by atoms with Gasteiger partial charge in [-0.25, -0.2) is 0 Å². The van der Waals surface area contributed by atoms with E-state index in [-0.39, 0.29) is 49.1 Å². The van der Waals surface area contributed by atoms with E-state index >= 15 is 0 Å². The van der Waals surface area contributed by atoms with Gasteiger partial charge >= 0.3 is 0 Å². The maximum atomic E-state index is 10.8. The summed E-state index contributed by atoms with van der Waals surface area (Å²) < 4.78 is 1.23. The van der Waals surface area contributed by atoms with Crippen LogP contribution in [-0.2, 0) is 20.1 Å². The van der Waals surface area contributed by atoms with Gasteiger partial charge in [-0.2, -0.15) is 11.3 Å². The van der Waals surface area contributed by atoms with Crippen LogP contribution in [-0.4, -0.2) is 27.4 Å². The van der Waals surface area contributed by atoms with E-state index in [1.54, 1.807) is 11.3 Å². The molecule has 2 saturated carbocycles. The number of thiazole rings is 1. The van der Waals surface area contributed by atoms with Crippen molar-refractivity contribution in [2.24, 2.45) is 22.7 Å². The van der Waals surface area contributed by atoms with Crippen molar-refractivity contribution in [3.8, 4) is 10.6 Å². The molecule has 2 aliphatic rings. The van der Waals surface area contributed by atoms with Crippen LogP contribution in [0.25, 0.3) is 20.8 Å². The monoisotopic (exact) mass is 657 g/mol. The van der Waals surface area contributed by atoms with Crippen LogP contribution >= 0.6 is 11.3 Å². The maximum Gasteiger partial charge on any atom is 0.0697 e. The number of hydrogen-bond donors (Lipinski definition) is 2. The molecular formula is C29H38IrNO2S-. The number of para-hydroxylation sites is 1. The van der Waals surface area contributed by atoms with E-state index in [0.717, 1.165) is 28.9 Å². The summed E-state index contributed by atoms with van der Waals surface area (Å²) in [6.45, 7) is 8.63. The van der Waals surface area contributed by atoms with Gasteiger partial charge in [0.2, 0.25) is 0 Å². The van der Waals surface area contributed by atoms with Gasteiger partial charge in [0.25, 0.3) is 0 Å². The molecule has 34 heavy (non-hydrogen) atoms. The molecule has 2 unspecified atom stereocenters. The average molecular weight is 657 g/mol. The number of rotatable bonds is 1. The molecule has 3 nitrogen and oxygen atoms in total. The van der Waals surface area contributed by atoms with Crippen LogP contribution in [0.4, 0.5) is 0 Å². The minimum absolute atomic E-state index is 0. The van der Waals surface area contributed by atoms with E-state index in [2.05, 4.69) is 44.8 Å². The number of nitrogens with zero attached hydrogens (tertiary/aromatic N) is 1. The molecule has 2 aromatic carbocycles. The zero-order valence-electron chi connectivity index (χ0n) is 20.8. The Morgan fingerprint density at radius 3 is 2.03 bits per heavy atom. The zero-order valence-corrected chi connectivity index (χ0v) is 24.0. The van der Waals surface area contributed by atoms with Gasteiger partial charge in [-0.1, -0.05) is 52.7 Å². The maximum absolute atomic E-state index is 10.8. The predicted molar refractivity (Wildman–Crippen MR) is 138 cm³/mol.